The topological polar surface area (TPSA) is 32.5 Å². The first-order chi connectivity index (χ1) is 8.79. The molecular weight excluding hydrogens is 242 g/mol. The first-order valence-corrected chi connectivity index (χ1v) is 7.89. The third kappa shape index (κ3) is 2.23. The lowest BCUT2D eigenvalue weighted by atomic mass is 10.1. The van der Waals surface area contributed by atoms with Crippen LogP contribution >= 0.6 is 11.3 Å². The summed E-state index contributed by atoms with van der Waals surface area (Å²) in [6.07, 6.45) is 2.75. The number of hydrogen-bond donors (Lipinski definition) is 1. The summed E-state index contributed by atoms with van der Waals surface area (Å²) in [4.78, 5) is 6.75. The van der Waals surface area contributed by atoms with Gasteiger partial charge in [0, 0.05) is 37.1 Å². The molecule has 3 nitrogen and oxygen atoms in total. The minimum Gasteiger partial charge on any atom is -0.329 e. The molecule has 1 aromatic heterocycles. The van der Waals surface area contributed by atoms with Crippen molar-refractivity contribution in [2.24, 2.45) is 5.73 Å². The molecule has 18 heavy (non-hydrogen) atoms. The highest BCUT2D eigenvalue weighted by atomic mass is 32.1. The van der Waals surface area contributed by atoms with Crippen molar-refractivity contribution in [2.75, 3.05) is 32.7 Å². The Hall–Kier alpha value is -0.420. The van der Waals surface area contributed by atoms with Crippen LogP contribution in [-0.2, 0) is 0 Å². The van der Waals surface area contributed by atoms with E-state index in [-0.39, 0.29) is 0 Å². The van der Waals surface area contributed by atoms with Gasteiger partial charge >= 0.3 is 0 Å². The molecular formula is C14H23N3S. The summed E-state index contributed by atoms with van der Waals surface area (Å²) in [6.45, 7) is 7.87. The Morgan fingerprint density at radius 1 is 1.44 bits per heavy atom. The van der Waals surface area contributed by atoms with E-state index in [9.17, 15) is 0 Å². The van der Waals surface area contributed by atoms with Crippen LogP contribution in [0.3, 0.4) is 0 Å². The van der Waals surface area contributed by atoms with Gasteiger partial charge < -0.3 is 5.73 Å². The second-order valence-electron chi connectivity index (χ2n) is 5.55. The summed E-state index contributed by atoms with van der Waals surface area (Å²) in [6, 6.07) is 3.44. The van der Waals surface area contributed by atoms with E-state index in [0.29, 0.717) is 6.04 Å². The van der Waals surface area contributed by atoms with Crippen molar-refractivity contribution < 1.29 is 0 Å². The van der Waals surface area contributed by atoms with Crippen molar-refractivity contribution >= 4 is 11.3 Å². The fraction of sp³-hybridized carbons (Fsp3) is 0.714. The van der Waals surface area contributed by atoms with Crippen LogP contribution in [0.25, 0.3) is 0 Å². The number of rotatable bonds is 3. The van der Waals surface area contributed by atoms with Gasteiger partial charge in [-0.2, -0.15) is 0 Å². The second kappa shape index (κ2) is 5.29. The lowest BCUT2D eigenvalue weighted by Gasteiger charge is -2.41. The molecule has 2 unspecified atom stereocenters. The number of nitrogens with two attached hydrogens (primary N) is 1. The second-order valence-corrected chi connectivity index (χ2v) is 6.49. The average molecular weight is 265 g/mol. The molecule has 2 atom stereocenters. The molecule has 2 saturated heterocycles. The van der Waals surface area contributed by atoms with E-state index < -0.39 is 0 Å². The lowest BCUT2D eigenvalue weighted by Crippen LogP contribution is -2.52. The van der Waals surface area contributed by atoms with Crippen LogP contribution in [0.4, 0.5) is 0 Å². The third-order valence-electron chi connectivity index (χ3n) is 4.49. The van der Waals surface area contributed by atoms with E-state index in [0.717, 1.165) is 12.6 Å². The Kier molecular flexibility index (Phi) is 3.71. The predicted octanol–water partition coefficient (Wildman–Crippen LogP) is 1.84. The molecule has 0 bridgehead atoms. The van der Waals surface area contributed by atoms with E-state index >= 15 is 0 Å². The molecule has 4 heteroatoms. The summed E-state index contributed by atoms with van der Waals surface area (Å²) >= 11 is 1.87. The van der Waals surface area contributed by atoms with Crippen molar-refractivity contribution in [1.29, 1.82) is 0 Å². The molecule has 2 fully saturated rings. The third-order valence-corrected chi connectivity index (χ3v) is 5.61. The molecule has 0 radical (unpaired) electrons. The zero-order chi connectivity index (χ0) is 12.5. The number of hydrogen-bond acceptors (Lipinski definition) is 4. The number of piperazine rings is 1. The zero-order valence-electron chi connectivity index (χ0n) is 11.1. The Morgan fingerprint density at radius 2 is 2.33 bits per heavy atom. The zero-order valence-corrected chi connectivity index (χ0v) is 12.0. The minimum absolute atomic E-state index is 0.438. The Labute approximate surface area is 114 Å². The quantitative estimate of drug-likeness (QED) is 0.905. The highest BCUT2D eigenvalue weighted by Gasteiger charge is 2.34. The first-order valence-electron chi connectivity index (χ1n) is 7.01. The summed E-state index contributed by atoms with van der Waals surface area (Å²) in [5.41, 5.74) is 7.46. The van der Waals surface area contributed by atoms with Crippen LogP contribution in [0.1, 0.15) is 29.3 Å². The van der Waals surface area contributed by atoms with Crippen LogP contribution < -0.4 is 5.73 Å². The van der Waals surface area contributed by atoms with Crippen LogP contribution in [0, 0.1) is 6.92 Å². The van der Waals surface area contributed by atoms with Gasteiger partial charge in [-0.1, -0.05) is 0 Å². The van der Waals surface area contributed by atoms with E-state index in [1.54, 1.807) is 0 Å². The molecule has 3 heterocycles. The molecule has 0 saturated carbocycles. The van der Waals surface area contributed by atoms with Gasteiger partial charge in [0.25, 0.3) is 0 Å². The maximum atomic E-state index is 6.05. The van der Waals surface area contributed by atoms with Crippen LogP contribution in [-0.4, -0.2) is 48.6 Å². The minimum atomic E-state index is 0.438. The normalized spacial score (nSPS) is 27.3. The number of fused-ring (bicyclic) bond motifs is 1. The van der Waals surface area contributed by atoms with Gasteiger partial charge in [0.15, 0.2) is 0 Å². The Balaban J connectivity index is 1.74. The molecule has 0 spiro atoms. The molecule has 2 N–H and O–H groups in total. The maximum absolute atomic E-state index is 6.05. The average Bonchev–Trinajstić information content (AvgIpc) is 2.99. The van der Waals surface area contributed by atoms with E-state index in [2.05, 4.69) is 28.2 Å². The lowest BCUT2D eigenvalue weighted by molar-refractivity contribution is 0.0746. The molecule has 3 rings (SSSR count). The maximum Gasteiger partial charge on any atom is 0.0567 e. The molecule has 2 aliphatic heterocycles. The van der Waals surface area contributed by atoms with Crippen LogP contribution in [0.15, 0.2) is 11.4 Å². The highest BCUT2D eigenvalue weighted by Crippen LogP contribution is 2.31. The summed E-state index contributed by atoms with van der Waals surface area (Å²) < 4.78 is 0. The van der Waals surface area contributed by atoms with E-state index in [1.807, 2.05) is 11.3 Å². The summed E-state index contributed by atoms with van der Waals surface area (Å²) in [5.74, 6) is 0. The highest BCUT2D eigenvalue weighted by molar-refractivity contribution is 7.10. The van der Waals surface area contributed by atoms with Crippen LogP contribution in [0.2, 0.25) is 0 Å². The number of thiophene rings is 1. The van der Waals surface area contributed by atoms with Gasteiger partial charge in [0.2, 0.25) is 0 Å². The molecule has 1 aromatic rings. The first kappa shape index (κ1) is 12.6. The van der Waals surface area contributed by atoms with Crippen LogP contribution in [0.5, 0.6) is 0 Å². The SMILES string of the molecule is Cc1ccsc1C(CN)N1CCN2CCCC2C1. The van der Waals surface area contributed by atoms with E-state index in [1.165, 1.54) is 49.5 Å². The number of aryl methyl sites for hydroxylation is 1. The Bertz CT molecular complexity index is 403. The van der Waals surface area contributed by atoms with Crippen molar-refractivity contribution in [3.05, 3.63) is 21.9 Å². The molecule has 0 amide bonds. The standard InChI is InChI=1S/C14H23N3S/c1-11-4-8-18-14(11)13(9-15)17-7-6-16-5-2-3-12(16)10-17/h4,8,12-13H,2-3,5-7,9-10,15H2,1H3. The van der Waals surface area contributed by atoms with Gasteiger partial charge in [-0.15, -0.1) is 11.3 Å². The predicted molar refractivity (Wildman–Crippen MR) is 77.0 cm³/mol. The van der Waals surface area contributed by atoms with Crippen molar-refractivity contribution in [3.63, 3.8) is 0 Å². The van der Waals surface area contributed by atoms with Gasteiger partial charge in [0.05, 0.1) is 6.04 Å². The fourth-order valence-corrected chi connectivity index (χ4v) is 4.52. The smallest absolute Gasteiger partial charge is 0.0567 e. The fourth-order valence-electron chi connectivity index (χ4n) is 3.45. The van der Waals surface area contributed by atoms with Crippen molar-refractivity contribution in [3.8, 4) is 0 Å². The Morgan fingerprint density at radius 3 is 3.06 bits per heavy atom. The monoisotopic (exact) mass is 265 g/mol. The van der Waals surface area contributed by atoms with Gasteiger partial charge in [-0.25, -0.2) is 0 Å². The van der Waals surface area contributed by atoms with Crippen molar-refractivity contribution in [2.45, 2.75) is 31.8 Å². The summed E-state index contributed by atoms with van der Waals surface area (Å²) in [7, 11) is 0. The largest absolute Gasteiger partial charge is 0.329 e. The van der Waals surface area contributed by atoms with Crippen molar-refractivity contribution in [1.82, 2.24) is 9.80 Å². The molecule has 0 aliphatic carbocycles. The van der Waals surface area contributed by atoms with Gasteiger partial charge in [-0.05, 0) is 43.3 Å². The van der Waals surface area contributed by atoms with Gasteiger partial charge in [-0.3, -0.25) is 9.80 Å². The molecule has 2 aliphatic rings. The van der Waals surface area contributed by atoms with Gasteiger partial charge in [0.1, 0.15) is 0 Å². The molecule has 100 valence electrons. The van der Waals surface area contributed by atoms with E-state index in [4.69, 9.17) is 5.73 Å². The summed E-state index contributed by atoms with van der Waals surface area (Å²) in [5, 5.41) is 2.19. The number of nitrogens with zero attached hydrogens (tertiary/aromatic N) is 2. The molecule has 0 aromatic carbocycles.